The van der Waals surface area contributed by atoms with Crippen LogP contribution in [0, 0.1) is 12.7 Å². The van der Waals surface area contributed by atoms with E-state index in [4.69, 9.17) is 0 Å². The molecule has 0 aliphatic rings. The summed E-state index contributed by atoms with van der Waals surface area (Å²) in [5.41, 5.74) is 2.43. The highest BCUT2D eigenvalue weighted by Gasteiger charge is 2.14. The number of rotatable bonds is 2. The van der Waals surface area contributed by atoms with Crippen molar-refractivity contribution in [3.05, 3.63) is 59.7 Å². The Hall–Kier alpha value is -2.82. The third-order valence-electron chi connectivity index (χ3n) is 3.27. The topological polar surface area (TPSA) is 63.1 Å². The maximum atomic E-state index is 13.3. The molecule has 0 bridgehead atoms. The predicted octanol–water partition coefficient (Wildman–Crippen LogP) is 3.44. The van der Waals surface area contributed by atoms with Gasteiger partial charge in [0.1, 0.15) is 5.82 Å². The molecule has 0 spiro atoms. The molecule has 0 unspecified atom stereocenters. The number of carboxylic acids is 1. The Morgan fingerprint density at radius 1 is 1.24 bits per heavy atom. The summed E-state index contributed by atoms with van der Waals surface area (Å²) in [6.45, 7) is 1.86. The zero-order chi connectivity index (χ0) is 15.0. The smallest absolute Gasteiger partial charge is 0.336 e. The van der Waals surface area contributed by atoms with Gasteiger partial charge in [0.2, 0.25) is 0 Å². The van der Waals surface area contributed by atoms with E-state index in [-0.39, 0.29) is 5.56 Å². The largest absolute Gasteiger partial charge is 0.478 e. The first-order valence-corrected chi connectivity index (χ1v) is 6.31. The van der Waals surface area contributed by atoms with Crippen LogP contribution in [-0.4, -0.2) is 21.0 Å². The van der Waals surface area contributed by atoms with Crippen molar-refractivity contribution in [1.82, 2.24) is 9.97 Å². The first-order valence-electron chi connectivity index (χ1n) is 6.31. The third kappa shape index (κ3) is 2.33. The van der Waals surface area contributed by atoms with Gasteiger partial charge in [-0.25, -0.2) is 14.2 Å². The number of nitrogens with zero attached hydrogens (tertiary/aromatic N) is 2. The number of hydrogen-bond acceptors (Lipinski definition) is 3. The highest BCUT2D eigenvalue weighted by atomic mass is 19.1. The number of fused-ring (bicyclic) bond motifs is 1. The maximum absolute atomic E-state index is 13.3. The number of carboxylic acid groups (broad SMARTS) is 1. The highest BCUT2D eigenvalue weighted by molar-refractivity contribution is 6.04. The van der Waals surface area contributed by atoms with Crippen LogP contribution in [-0.2, 0) is 0 Å². The lowest BCUT2D eigenvalue weighted by Crippen LogP contribution is -2.01. The number of carbonyl (C=O) groups is 1. The van der Waals surface area contributed by atoms with Gasteiger partial charge in [0.05, 0.1) is 23.0 Å². The number of halogens is 1. The van der Waals surface area contributed by atoms with Gasteiger partial charge in [-0.1, -0.05) is 18.2 Å². The lowest BCUT2D eigenvalue weighted by atomic mass is 10.0. The number of para-hydroxylation sites is 1. The van der Waals surface area contributed by atoms with Gasteiger partial charge < -0.3 is 5.11 Å². The Morgan fingerprint density at radius 3 is 2.76 bits per heavy atom. The van der Waals surface area contributed by atoms with Crippen molar-refractivity contribution in [2.45, 2.75) is 6.92 Å². The van der Waals surface area contributed by atoms with Gasteiger partial charge in [-0.15, -0.1) is 0 Å². The fourth-order valence-corrected chi connectivity index (χ4v) is 2.27. The van der Waals surface area contributed by atoms with E-state index in [1.807, 2.05) is 13.0 Å². The Balaban J connectivity index is 2.35. The Labute approximate surface area is 119 Å². The van der Waals surface area contributed by atoms with E-state index in [1.54, 1.807) is 12.1 Å². The molecule has 0 saturated carbocycles. The second-order valence-corrected chi connectivity index (χ2v) is 4.72. The summed E-state index contributed by atoms with van der Waals surface area (Å²) in [5.74, 6) is -1.53. The predicted molar refractivity (Wildman–Crippen MR) is 76.6 cm³/mol. The van der Waals surface area contributed by atoms with E-state index in [0.717, 1.165) is 11.8 Å². The normalized spacial score (nSPS) is 10.8. The van der Waals surface area contributed by atoms with Crippen LogP contribution in [0.25, 0.3) is 22.2 Å². The molecule has 0 aliphatic heterocycles. The van der Waals surface area contributed by atoms with Gasteiger partial charge >= 0.3 is 5.97 Å². The van der Waals surface area contributed by atoms with E-state index in [2.05, 4.69) is 9.97 Å². The molecule has 5 heteroatoms. The lowest BCUT2D eigenvalue weighted by Gasteiger charge is -2.08. The minimum atomic E-state index is -1.04. The number of aromatic carboxylic acids is 1. The SMILES string of the molecule is Cc1cccc2c(C(=O)O)cc(-c3cncc(F)c3)nc12. The van der Waals surface area contributed by atoms with Crippen LogP contribution in [0.1, 0.15) is 15.9 Å². The average Bonchev–Trinajstić information content (AvgIpc) is 2.46. The van der Waals surface area contributed by atoms with Crippen LogP contribution in [0.2, 0.25) is 0 Å². The summed E-state index contributed by atoms with van der Waals surface area (Å²) in [5, 5.41) is 9.95. The molecule has 2 heterocycles. The van der Waals surface area contributed by atoms with Crippen LogP contribution in [0.5, 0.6) is 0 Å². The standard InChI is InChI=1S/C16H11FN2O2/c1-9-3-2-4-12-13(16(20)21)6-14(19-15(9)12)10-5-11(17)8-18-7-10/h2-8H,1H3,(H,20,21). The molecule has 4 nitrogen and oxygen atoms in total. The third-order valence-corrected chi connectivity index (χ3v) is 3.27. The van der Waals surface area contributed by atoms with Crippen molar-refractivity contribution in [2.24, 2.45) is 0 Å². The maximum Gasteiger partial charge on any atom is 0.336 e. The minimum absolute atomic E-state index is 0.142. The van der Waals surface area contributed by atoms with E-state index in [0.29, 0.717) is 22.2 Å². The molecule has 1 aromatic carbocycles. The molecule has 0 radical (unpaired) electrons. The summed E-state index contributed by atoms with van der Waals surface area (Å²) in [4.78, 5) is 19.7. The van der Waals surface area contributed by atoms with Crippen molar-refractivity contribution < 1.29 is 14.3 Å². The van der Waals surface area contributed by atoms with Crippen molar-refractivity contribution in [3.63, 3.8) is 0 Å². The molecular formula is C16H11FN2O2. The van der Waals surface area contributed by atoms with Crippen molar-refractivity contribution in [2.75, 3.05) is 0 Å². The molecule has 0 atom stereocenters. The molecule has 0 saturated heterocycles. The van der Waals surface area contributed by atoms with Crippen LogP contribution < -0.4 is 0 Å². The molecule has 2 aromatic heterocycles. The summed E-state index contributed by atoms with van der Waals surface area (Å²) in [6, 6.07) is 8.09. The van der Waals surface area contributed by atoms with E-state index >= 15 is 0 Å². The molecule has 0 fully saturated rings. The second-order valence-electron chi connectivity index (χ2n) is 4.72. The van der Waals surface area contributed by atoms with E-state index in [9.17, 15) is 14.3 Å². The molecule has 1 N–H and O–H groups in total. The lowest BCUT2D eigenvalue weighted by molar-refractivity contribution is 0.0699. The quantitative estimate of drug-likeness (QED) is 0.782. The van der Waals surface area contributed by atoms with Gasteiger partial charge in [0.25, 0.3) is 0 Å². The van der Waals surface area contributed by atoms with Crippen molar-refractivity contribution in [3.8, 4) is 11.3 Å². The van der Waals surface area contributed by atoms with Gasteiger partial charge in [-0.05, 0) is 24.6 Å². The molecule has 104 valence electrons. The van der Waals surface area contributed by atoms with Crippen LogP contribution in [0.15, 0.2) is 42.7 Å². The number of aromatic nitrogens is 2. The first-order chi connectivity index (χ1) is 10.1. The number of pyridine rings is 2. The number of benzene rings is 1. The average molecular weight is 282 g/mol. The molecule has 3 aromatic rings. The van der Waals surface area contributed by atoms with Gasteiger partial charge in [-0.2, -0.15) is 0 Å². The summed E-state index contributed by atoms with van der Waals surface area (Å²) < 4.78 is 13.3. The van der Waals surface area contributed by atoms with Crippen molar-refractivity contribution in [1.29, 1.82) is 0 Å². The van der Waals surface area contributed by atoms with Crippen LogP contribution in [0.4, 0.5) is 4.39 Å². The van der Waals surface area contributed by atoms with Gasteiger partial charge in [0, 0.05) is 17.1 Å². The zero-order valence-electron chi connectivity index (χ0n) is 11.2. The minimum Gasteiger partial charge on any atom is -0.478 e. The highest BCUT2D eigenvalue weighted by Crippen LogP contribution is 2.26. The Morgan fingerprint density at radius 2 is 2.05 bits per heavy atom. The number of hydrogen-bond donors (Lipinski definition) is 1. The summed E-state index contributed by atoms with van der Waals surface area (Å²) in [7, 11) is 0. The van der Waals surface area contributed by atoms with E-state index in [1.165, 1.54) is 18.3 Å². The fourth-order valence-electron chi connectivity index (χ4n) is 2.27. The second kappa shape index (κ2) is 4.94. The zero-order valence-corrected chi connectivity index (χ0v) is 11.2. The van der Waals surface area contributed by atoms with Gasteiger partial charge in [-0.3, -0.25) is 4.98 Å². The molecule has 0 amide bonds. The Kier molecular flexibility index (Phi) is 3.10. The molecular weight excluding hydrogens is 271 g/mol. The van der Waals surface area contributed by atoms with E-state index < -0.39 is 11.8 Å². The summed E-state index contributed by atoms with van der Waals surface area (Å²) >= 11 is 0. The fraction of sp³-hybridized carbons (Fsp3) is 0.0625. The molecule has 0 aliphatic carbocycles. The van der Waals surface area contributed by atoms with Gasteiger partial charge in [0.15, 0.2) is 0 Å². The molecule has 3 rings (SSSR count). The number of aryl methyl sites for hydroxylation is 1. The monoisotopic (exact) mass is 282 g/mol. The Bertz CT molecular complexity index is 862. The molecule has 21 heavy (non-hydrogen) atoms. The summed E-state index contributed by atoms with van der Waals surface area (Å²) in [6.07, 6.45) is 2.55. The van der Waals surface area contributed by atoms with Crippen LogP contribution >= 0.6 is 0 Å². The van der Waals surface area contributed by atoms with Crippen LogP contribution in [0.3, 0.4) is 0 Å². The first kappa shape index (κ1) is 13.2. The van der Waals surface area contributed by atoms with Crippen molar-refractivity contribution >= 4 is 16.9 Å².